The number of ether oxygens (including phenoxy) is 1. The number of hydrogen-bond donors (Lipinski definition) is 1. The second-order valence-electron chi connectivity index (χ2n) is 3.84. The molecule has 100 valence electrons. The quantitative estimate of drug-likeness (QED) is 0.923. The van der Waals surface area contributed by atoms with Crippen molar-refractivity contribution in [2.75, 3.05) is 19.5 Å². The van der Waals surface area contributed by atoms with Crippen LogP contribution in [0.3, 0.4) is 0 Å². The lowest BCUT2D eigenvalue weighted by Gasteiger charge is -2.08. The minimum atomic E-state index is -0.924. The molecular weight excluding hydrogens is 252 g/mol. The number of nitrogens with zero attached hydrogens (tertiary/aromatic N) is 2. The molecule has 0 bridgehead atoms. The van der Waals surface area contributed by atoms with E-state index in [1.54, 1.807) is 13.1 Å². The summed E-state index contributed by atoms with van der Waals surface area (Å²) in [6.07, 6.45) is 0. The van der Waals surface area contributed by atoms with Crippen molar-refractivity contribution in [2.24, 2.45) is 0 Å². The maximum Gasteiger partial charge on any atom is 0.168 e. The molecule has 2 aromatic rings. The van der Waals surface area contributed by atoms with Crippen LogP contribution in [0.2, 0.25) is 0 Å². The number of methoxy groups -OCH3 is 1. The molecule has 0 spiro atoms. The fraction of sp³-hybridized carbons (Fsp3) is 0.231. The largest absolute Gasteiger partial charge is 0.377 e. The zero-order valence-corrected chi connectivity index (χ0v) is 10.6. The van der Waals surface area contributed by atoms with Crippen molar-refractivity contribution in [1.82, 2.24) is 9.97 Å². The Morgan fingerprint density at radius 3 is 2.74 bits per heavy atom. The van der Waals surface area contributed by atoms with Gasteiger partial charge in [0, 0.05) is 25.8 Å². The molecule has 19 heavy (non-hydrogen) atoms. The van der Waals surface area contributed by atoms with Crippen LogP contribution in [0.5, 0.6) is 0 Å². The minimum absolute atomic E-state index is 0.0938. The Balaban J connectivity index is 2.54. The standard InChI is InChI=1S/C13H13F2N3O/c1-16-11-6-10(17-12(18-11)7-19-2)8-4-3-5-9(14)13(8)15/h3-6H,7H2,1-2H3,(H,16,17,18). The van der Waals surface area contributed by atoms with Crippen LogP contribution in [0.25, 0.3) is 11.3 Å². The van der Waals surface area contributed by atoms with Gasteiger partial charge in [0.2, 0.25) is 0 Å². The summed E-state index contributed by atoms with van der Waals surface area (Å²) in [6, 6.07) is 5.52. The molecule has 1 N–H and O–H groups in total. The second kappa shape index (κ2) is 5.71. The summed E-state index contributed by atoms with van der Waals surface area (Å²) >= 11 is 0. The third-order valence-electron chi connectivity index (χ3n) is 2.53. The Hall–Kier alpha value is -2.08. The highest BCUT2D eigenvalue weighted by atomic mass is 19.2. The minimum Gasteiger partial charge on any atom is -0.377 e. The first-order valence-electron chi connectivity index (χ1n) is 5.64. The molecule has 0 unspecified atom stereocenters. The summed E-state index contributed by atoms with van der Waals surface area (Å²) < 4.78 is 31.9. The van der Waals surface area contributed by atoms with Gasteiger partial charge >= 0.3 is 0 Å². The average Bonchev–Trinajstić information content (AvgIpc) is 2.42. The van der Waals surface area contributed by atoms with Gasteiger partial charge in [-0.25, -0.2) is 18.7 Å². The molecule has 1 heterocycles. The van der Waals surface area contributed by atoms with Crippen molar-refractivity contribution in [1.29, 1.82) is 0 Å². The third-order valence-corrected chi connectivity index (χ3v) is 2.53. The van der Waals surface area contributed by atoms with Crippen LogP contribution in [0, 0.1) is 11.6 Å². The normalized spacial score (nSPS) is 10.5. The van der Waals surface area contributed by atoms with Crippen molar-refractivity contribution in [3.63, 3.8) is 0 Å². The molecule has 0 atom stereocenters. The number of nitrogens with one attached hydrogen (secondary N) is 1. The van der Waals surface area contributed by atoms with E-state index in [1.807, 2.05) is 0 Å². The van der Waals surface area contributed by atoms with E-state index >= 15 is 0 Å². The van der Waals surface area contributed by atoms with Gasteiger partial charge in [-0.1, -0.05) is 6.07 Å². The van der Waals surface area contributed by atoms with Gasteiger partial charge in [0.05, 0.1) is 5.69 Å². The average molecular weight is 265 g/mol. The highest BCUT2D eigenvalue weighted by Crippen LogP contribution is 2.24. The highest BCUT2D eigenvalue weighted by Gasteiger charge is 2.13. The van der Waals surface area contributed by atoms with Gasteiger partial charge in [-0.05, 0) is 12.1 Å². The van der Waals surface area contributed by atoms with Crippen molar-refractivity contribution in [3.8, 4) is 11.3 Å². The number of aromatic nitrogens is 2. The lowest BCUT2D eigenvalue weighted by Crippen LogP contribution is -2.03. The van der Waals surface area contributed by atoms with E-state index in [-0.39, 0.29) is 12.2 Å². The van der Waals surface area contributed by atoms with E-state index < -0.39 is 11.6 Å². The summed E-state index contributed by atoms with van der Waals surface area (Å²) in [5.41, 5.74) is 0.402. The summed E-state index contributed by atoms with van der Waals surface area (Å²) in [4.78, 5) is 8.32. The van der Waals surface area contributed by atoms with E-state index in [0.717, 1.165) is 6.07 Å². The number of rotatable bonds is 4. The van der Waals surface area contributed by atoms with E-state index in [2.05, 4.69) is 15.3 Å². The van der Waals surface area contributed by atoms with Gasteiger partial charge in [-0.3, -0.25) is 0 Å². The highest BCUT2D eigenvalue weighted by molar-refractivity contribution is 5.63. The summed E-state index contributed by atoms with van der Waals surface area (Å²) in [6.45, 7) is 0.194. The summed E-state index contributed by atoms with van der Waals surface area (Å²) in [5, 5.41) is 2.85. The van der Waals surface area contributed by atoms with Crippen molar-refractivity contribution in [3.05, 3.63) is 41.7 Å². The maximum absolute atomic E-state index is 13.8. The van der Waals surface area contributed by atoms with Gasteiger partial charge in [-0.2, -0.15) is 0 Å². The van der Waals surface area contributed by atoms with Crippen molar-refractivity contribution >= 4 is 5.82 Å². The first-order valence-corrected chi connectivity index (χ1v) is 5.64. The summed E-state index contributed by atoms with van der Waals surface area (Å²) in [7, 11) is 3.20. The van der Waals surface area contributed by atoms with Gasteiger partial charge in [-0.15, -0.1) is 0 Å². The summed E-state index contributed by atoms with van der Waals surface area (Å²) in [5.74, 6) is -0.921. The molecule has 0 aliphatic carbocycles. The first-order chi connectivity index (χ1) is 9.15. The number of halogens is 2. The molecule has 1 aromatic heterocycles. The van der Waals surface area contributed by atoms with E-state index in [4.69, 9.17) is 4.74 Å². The van der Waals surface area contributed by atoms with Crippen LogP contribution in [0.4, 0.5) is 14.6 Å². The molecule has 2 rings (SSSR count). The van der Waals surface area contributed by atoms with Gasteiger partial charge in [0.15, 0.2) is 17.5 Å². The molecule has 0 amide bonds. The lowest BCUT2D eigenvalue weighted by molar-refractivity contribution is 0.178. The molecular formula is C13H13F2N3O. The van der Waals surface area contributed by atoms with Gasteiger partial charge in [0.1, 0.15) is 12.4 Å². The fourth-order valence-electron chi connectivity index (χ4n) is 1.66. The monoisotopic (exact) mass is 265 g/mol. The zero-order chi connectivity index (χ0) is 13.8. The SMILES string of the molecule is CNc1cc(-c2cccc(F)c2F)nc(COC)n1. The molecule has 4 nitrogen and oxygen atoms in total. The Kier molecular flexibility index (Phi) is 4.01. The molecule has 0 saturated heterocycles. The van der Waals surface area contributed by atoms with Crippen LogP contribution in [-0.4, -0.2) is 24.1 Å². The third kappa shape index (κ3) is 2.85. The molecule has 0 saturated carbocycles. The predicted molar refractivity (Wildman–Crippen MR) is 67.6 cm³/mol. The molecule has 0 radical (unpaired) electrons. The lowest BCUT2D eigenvalue weighted by atomic mass is 10.1. The smallest absolute Gasteiger partial charge is 0.168 e. The number of benzene rings is 1. The Morgan fingerprint density at radius 2 is 2.05 bits per heavy atom. The topological polar surface area (TPSA) is 47.0 Å². The van der Waals surface area contributed by atoms with E-state index in [9.17, 15) is 8.78 Å². The van der Waals surface area contributed by atoms with Crippen molar-refractivity contribution in [2.45, 2.75) is 6.61 Å². The van der Waals surface area contributed by atoms with Crippen LogP contribution >= 0.6 is 0 Å². The van der Waals surface area contributed by atoms with E-state index in [0.29, 0.717) is 17.3 Å². The number of hydrogen-bond acceptors (Lipinski definition) is 4. The molecule has 1 aromatic carbocycles. The van der Waals surface area contributed by atoms with Crippen LogP contribution in [-0.2, 0) is 11.3 Å². The zero-order valence-electron chi connectivity index (χ0n) is 10.6. The molecule has 0 fully saturated rings. The Labute approximate surface area is 109 Å². The van der Waals surface area contributed by atoms with Gasteiger partial charge in [0.25, 0.3) is 0 Å². The molecule has 0 aliphatic rings. The Bertz CT molecular complexity index is 590. The van der Waals surface area contributed by atoms with Crippen LogP contribution in [0.1, 0.15) is 5.82 Å². The van der Waals surface area contributed by atoms with Crippen molar-refractivity contribution < 1.29 is 13.5 Å². The second-order valence-corrected chi connectivity index (χ2v) is 3.84. The molecule has 0 aliphatic heterocycles. The first kappa shape index (κ1) is 13.4. The fourth-order valence-corrected chi connectivity index (χ4v) is 1.66. The Morgan fingerprint density at radius 1 is 1.26 bits per heavy atom. The van der Waals surface area contributed by atoms with E-state index in [1.165, 1.54) is 19.2 Å². The van der Waals surface area contributed by atoms with Gasteiger partial charge < -0.3 is 10.1 Å². The van der Waals surface area contributed by atoms with Crippen LogP contribution < -0.4 is 5.32 Å². The molecule has 6 heteroatoms. The number of anilines is 1. The predicted octanol–water partition coefficient (Wildman–Crippen LogP) is 2.61. The van der Waals surface area contributed by atoms with Crippen LogP contribution in [0.15, 0.2) is 24.3 Å². The maximum atomic E-state index is 13.8.